The molecule has 2 aromatic rings. The second kappa shape index (κ2) is 8.64. The van der Waals surface area contributed by atoms with Crippen molar-refractivity contribution in [2.75, 3.05) is 5.32 Å². The number of carbonyl (C=O) groups excluding carboxylic acids is 2. The highest BCUT2D eigenvalue weighted by Crippen LogP contribution is 2.44. The average Bonchev–Trinajstić information content (AvgIpc) is 3.28. The molecule has 176 valence electrons. The molecule has 1 saturated heterocycles. The molecular weight excluding hydrogens is 479 g/mol. The van der Waals surface area contributed by atoms with Gasteiger partial charge in [0.1, 0.15) is 5.82 Å². The molecule has 2 aliphatic heterocycles. The molecule has 11 heteroatoms. The molecule has 1 saturated carbocycles. The third-order valence-electron chi connectivity index (χ3n) is 6.10. The first-order valence-corrected chi connectivity index (χ1v) is 13.2. The molecule has 0 radical (unpaired) electrons. The molecule has 2 aromatic carbocycles. The standard InChI is InChI=1S/C23H21FN4O4S2/c24-13-6-11-18-17(12-13)19(21(29)27-18)20-22(30)28(15-4-2-1-3-5-15)23(33-20)26-14-7-9-16(10-8-14)34(25,31)32/h6-12,15H,1-5H2,(H,27,29)(H2,25,31,32)/b20-19-,26-23-. The number of amidine groups is 1. The van der Waals surface area contributed by atoms with E-state index in [0.717, 1.165) is 43.9 Å². The largest absolute Gasteiger partial charge is 0.321 e. The zero-order chi connectivity index (χ0) is 24.0. The molecule has 0 atom stereocenters. The number of fused-ring (bicyclic) bond motifs is 1. The van der Waals surface area contributed by atoms with Crippen molar-refractivity contribution < 1.29 is 22.4 Å². The van der Waals surface area contributed by atoms with Crippen molar-refractivity contribution in [3.63, 3.8) is 0 Å². The fourth-order valence-electron chi connectivity index (χ4n) is 4.46. The SMILES string of the molecule is NS(=O)(=O)c1ccc(/N=C2\S/C(=C3\C(=O)Nc4ccc(F)cc43)C(=O)N2C2CCCCC2)cc1. The van der Waals surface area contributed by atoms with Crippen LogP contribution in [0.5, 0.6) is 0 Å². The molecule has 0 spiro atoms. The van der Waals surface area contributed by atoms with Gasteiger partial charge in [-0.1, -0.05) is 19.3 Å². The predicted molar refractivity (Wildman–Crippen MR) is 128 cm³/mol. The smallest absolute Gasteiger partial charge is 0.267 e. The third kappa shape index (κ3) is 4.15. The summed E-state index contributed by atoms with van der Waals surface area (Å²) in [5.74, 6) is -1.30. The van der Waals surface area contributed by atoms with Crippen LogP contribution >= 0.6 is 11.8 Å². The quantitative estimate of drug-likeness (QED) is 0.622. The minimum absolute atomic E-state index is 0.0418. The molecule has 3 N–H and O–H groups in total. The van der Waals surface area contributed by atoms with E-state index in [0.29, 0.717) is 22.1 Å². The summed E-state index contributed by atoms with van der Waals surface area (Å²) in [6.07, 6.45) is 4.69. The number of nitrogens with one attached hydrogen (secondary N) is 1. The number of nitrogens with zero attached hydrogens (tertiary/aromatic N) is 2. The Morgan fingerprint density at radius 1 is 1.06 bits per heavy atom. The van der Waals surface area contributed by atoms with Gasteiger partial charge in [-0.2, -0.15) is 0 Å². The molecule has 8 nitrogen and oxygen atoms in total. The van der Waals surface area contributed by atoms with Gasteiger partial charge in [-0.25, -0.2) is 22.9 Å². The lowest BCUT2D eigenvalue weighted by atomic mass is 9.94. The van der Waals surface area contributed by atoms with Crippen LogP contribution < -0.4 is 10.5 Å². The minimum atomic E-state index is -3.84. The molecule has 3 aliphatic rings. The first-order chi connectivity index (χ1) is 16.2. The van der Waals surface area contributed by atoms with Gasteiger partial charge in [0.25, 0.3) is 11.8 Å². The summed E-state index contributed by atoms with van der Waals surface area (Å²) in [4.78, 5) is 32.8. The second-order valence-electron chi connectivity index (χ2n) is 8.35. The molecule has 0 aromatic heterocycles. The van der Waals surface area contributed by atoms with Gasteiger partial charge in [-0.3, -0.25) is 14.5 Å². The number of sulfonamides is 1. The Morgan fingerprint density at radius 2 is 1.76 bits per heavy atom. The monoisotopic (exact) mass is 500 g/mol. The fourth-order valence-corrected chi connectivity index (χ4v) is 6.13. The van der Waals surface area contributed by atoms with Gasteiger partial charge >= 0.3 is 0 Å². The van der Waals surface area contributed by atoms with Crippen LogP contribution in [0.4, 0.5) is 15.8 Å². The van der Waals surface area contributed by atoms with Gasteiger partial charge < -0.3 is 5.32 Å². The highest BCUT2D eigenvalue weighted by atomic mass is 32.2. The van der Waals surface area contributed by atoms with E-state index in [4.69, 9.17) is 5.14 Å². The number of hydrogen-bond acceptors (Lipinski definition) is 6. The van der Waals surface area contributed by atoms with Crippen LogP contribution in [0, 0.1) is 5.82 Å². The molecular formula is C23H21FN4O4S2. The van der Waals surface area contributed by atoms with Gasteiger partial charge in [0.05, 0.1) is 21.1 Å². The maximum Gasteiger partial charge on any atom is 0.267 e. The van der Waals surface area contributed by atoms with Gasteiger partial charge in [0.2, 0.25) is 10.0 Å². The van der Waals surface area contributed by atoms with E-state index in [9.17, 15) is 22.4 Å². The van der Waals surface area contributed by atoms with Crippen molar-refractivity contribution in [2.45, 2.75) is 43.0 Å². The average molecular weight is 501 g/mol. The van der Waals surface area contributed by atoms with E-state index >= 15 is 0 Å². The molecule has 0 unspecified atom stereocenters. The number of carbonyl (C=O) groups is 2. The highest BCUT2D eigenvalue weighted by molar-refractivity contribution is 8.18. The Balaban J connectivity index is 1.59. The summed E-state index contributed by atoms with van der Waals surface area (Å²) in [7, 11) is -3.84. The summed E-state index contributed by atoms with van der Waals surface area (Å²) in [5, 5.41) is 8.27. The van der Waals surface area contributed by atoms with Crippen LogP contribution in [0.1, 0.15) is 37.7 Å². The Labute approximate surface area is 200 Å². The number of anilines is 1. The van der Waals surface area contributed by atoms with E-state index in [-0.39, 0.29) is 27.3 Å². The Kier molecular flexibility index (Phi) is 5.78. The molecule has 1 aliphatic carbocycles. The van der Waals surface area contributed by atoms with Crippen LogP contribution in [-0.2, 0) is 19.6 Å². The second-order valence-corrected chi connectivity index (χ2v) is 10.9. The van der Waals surface area contributed by atoms with E-state index in [2.05, 4.69) is 10.3 Å². The summed E-state index contributed by atoms with van der Waals surface area (Å²) in [5.41, 5.74) is 1.39. The Bertz CT molecular complexity index is 1360. The minimum Gasteiger partial charge on any atom is -0.321 e. The molecule has 0 bridgehead atoms. The maximum atomic E-state index is 14.0. The Hall–Kier alpha value is -3.02. The van der Waals surface area contributed by atoms with E-state index < -0.39 is 21.7 Å². The van der Waals surface area contributed by atoms with Crippen molar-refractivity contribution in [2.24, 2.45) is 10.1 Å². The predicted octanol–water partition coefficient (Wildman–Crippen LogP) is 3.73. The van der Waals surface area contributed by atoms with Gasteiger partial charge in [-0.05, 0) is 67.1 Å². The maximum absolute atomic E-state index is 14.0. The van der Waals surface area contributed by atoms with Crippen LogP contribution in [0.15, 0.2) is 57.3 Å². The summed E-state index contributed by atoms with van der Waals surface area (Å²) >= 11 is 1.08. The first kappa shape index (κ1) is 22.8. The molecule has 2 heterocycles. The number of nitrogens with two attached hydrogens (primary N) is 1. The summed E-state index contributed by atoms with van der Waals surface area (Å²) in [6.45, 7) is 0. The normalized spacial score (nSPS) is 22.4. The number of aliphatic imine (C=N–C) groups is 1. The van der Waals surface area contributed by atoms with Crippen LogP contribution in [0.2, 0.25) is 0 Å². The topological polar surface area (TPSA) is 122 Å². The number of rotatable bonds is 3. The van der Waals surface area contributed by atoms with Crippen LogP contribution in [-0.4, -0.2) is 36.3 Å². The molecule has 34 heavy (non-hydrogen) atoms. The number of primary sulfonamides is 1. The summed E-state index contributed by atoms with van der Waals surface area (Å²) in [6, 6.07) is 9.63. The lowest BCUT2D eigenvalue weighted by Gasteiger charge is -2.30. The third-order valence-corrected chi connectivity index (χ3v) is 8.08. The molecule has 2 amide bonds. The zero-order valence-corrected chi connectivity index (χ0v) is 19.6. The van der Waals surface area contributed by atoms with Crippen molar-refractivity contribution in [3.8, 4) is 0 Å². The van der Waals surface area contributed by atoms with Crippen molar-refractivity contribution >= 4 is 55.7 Å². The molecule has 2 fully saturated rings. The number of amides is 2. The van der Waals surface area contributed by atoms with E-state index in [1.807, 2.05) is 0 Å². The first-order valence-electron chi connectivity index (χ1n) is 10.8. The van der Waals surface area contributed by atoms with Crippen molar-refractivity contribution in [1.82, 2.24) is 4.90 Å². The van der Waals surface area contributed by atoms with E-state index in [1.54, 1.807) is 4.90 Å². The van der Waals surface area contributed by atoms with Gasteiger partial charge in [0.15, 0.2) is 5.17 Å². The van der Waals surface area contributed by atoms with Crippen LogP contribution in [0.25, 0.3) is 5.57 Å². The van der Waals surface area contributed by atoms with Gasteiger partial charge in [-0.15, -0.1) is 0 Å². The lowest BCUT2D eigenvalue weighted by Crippen LogP contribution is -2.40. The number of hydrogen-bond donors (Lipinski definition) is 2. The number of thioether (sulfide) groups is 1. The fraction of sp³-hybridized carbons (Fsp3) is 0.261. The van der Waals surface area contributed by atoms with Crippen molar-refractivity contribution in [3.05, 3.63) is 58.8 Å². The number of halogens is 1. The number of benzene rings is 2. The lowest BCUT2D eigenvalue weighted by molar-refractivity contribution is -0.124. The Morgan fingerprint density at radius 3 is 2.44 bits per heavy atom. The van der Waals surface area contributed by atoms with Crippen molar-refractivity contribution in [1.29, 1.82) is 0 Å². The summed E-state index contributed by atoms with van der Waals surface area (Å²) < 4.78 is 37.1. The highest BCUT2D eigenvalue weighted by Gasteiger charge is 2.43. The van der Waals surface area contributed by atoms with Gasteiger partial charge in [0, 0.05) is 17.3 Å². The van der Waals surface area contributed by atoms with E-state index in [1.165, 1.54) is 42.5 Å². The zero-order valence-electron chi connectivity index (χ0n) is 18.0. The molecule has 5 rings (SSSR count). The van der Waals surface area contributed by atoms with Crippen LogP contribution in [0.3, 0.4) is 0 Å².